The van der Waals surface area contributed by atoms with Crippen LogP contribution in [0.1, 0.15) is 10.4 Å². The predicted molar refractivity (Wildman–Crippen MR) is 46.2 cm³/mol. The summed E-state index contributed by atoms with van der Waals surface area (Å²) in [6.45, 7) is 0. The largest absolute Gasteiger partial charge is 0.478 e. The fourth-order valence-electron chi connectivity index (χ4n) is 0.672. The summed E-state index contributed by atoms with van der Waals surface area (Å²) in [4.78, 5) is 10.3. The molecule has 66 valence electrons. The fraction of sp³-hybridized carbons (Fsp3) is 0. The average molecular weight is 169 g/mol. The van der Waals surface area contributed by atoms with E-state index in [0.717, 1.165) is 0 Å². The van der Waals surface area contributed by atoms with Crippen molar-refractivity contribution in [2.45, 2.75) is 0 Å². The van der Waals surface area contributed by atoms with Gasteiger partial charge in [0.15, 0.2) is 0 Å². The molecule has 5 nitrogen and oxygen atoms in total. The van der Waals surface area contributed by atoms with Crippen LogP contribution in [0.2, 0.25) is 0 Å². The molecule has 0 unspecified atom stereocenters. The molecule has 0 aliphatic carbocycles. The second-order valence-corrected chi connectivity index (χ2v) is 1.93. The molecule has 0 fully saturated rings. The Morgan fingerprint density at radius 2 is 1.92 bits per heavy atom. The Bertz CT molecular complexity index is 263. The van der Waals surface area contributed by atoms with Gasteiger partial charge in [-0.15, -0.1) is 0 Å². The molecule has 0 aliphatic rings. The SMILES string of the molecule is NN.Nc1cccc(C(=O)O)c1. The van der Waals surface area contributed by atoms with Gasteiger partial charge in [0.25, 0.3) is 0 Å². The summed E-state index contributed by atoms with van der Waals surface area (Å²) in [6, 6.07) is 6.17. The van der Waals surface area contributed by atoms with Crippen molar-refractivity contribution >= 4 is 11.7 Å². The van der Waals surface area contributed by atoms with Gasteiger partial charge in [-0.25, -0.2) is 4.79 Å². The number of rotatable bonds is 1. The summed E-state index contributed by atoms with van der Waals surface area (Å²) in [5.74, 6) is 7.05. The lowest BCUT2D eigenvalue weighted by atomic mass is 10.2. The van der Waals surface area contributed by atoms with Gasteiger partial charge in [0, 0.05) is 5.69 Å². The first kappa shape index (κ1) is 10.4. The van der Waals surface area contributed by atoms with Gasteiger partial charge in [0.2, 0.25) is 0 Å². The minimum atomic E-state index is -0.952. The van der Waals surface area contributed by atoms with E-state index in [1.54, 1.807) is 12.1 Å². The maximum absolute atomic E-state index is 10.3. The molecule has 0 spiro atoms. The van der Waals surface area contributed by atoms with Crippen molar-refractivity contribution in [2.75, 3.05) is 5.73 Å². The smallest absolute Gasteiger partial charge is 0.335 e. The molecule has 0 atom stereocenters. The van der Waals surface area contributed by atoms with E-state index in [9.17, 15) is 4.79 Å². The fourth-order valence-corrected chi connectivity index (χ4v) is 0.672. The maximum Gasteiger partial charge on any atom is 0.335 e. The molecule has 1 aromatic rings. The van der Waals surface area contributed by atoms with Crippen molar-refractivity contribution in [1.29, 1.82) is 0 Å². The van der Waals surface area contributed by atoms with Crippen LogP contribution in [0.15, 0.2) is 24.3 Å². The lowest BCUT2D eigenvalue weighted by Gasteiger charge is -1.93. The van der Waals surface area contributed by atoms with Crippen LogP contribution in [0.4, 0.5) is 5.69 Å². The molecule has 5 heteroatoms. The summed E-state index contributed by atoms with van der Waals surface area (Å²) in [7, 11) is 0. The predicted octanol–water partition coefficient (Wildman–Crippen LogP) is -0.214. The second kappa shape index (κ2) is 5.11. The number of aromatic carboxylic acids is 1. The van der Waals surface area contributed by atoms with E-state index in [-0.39, 0.29) is 5.56 Å². The number of hydrogen-bond acceptors (Lipinski definition) is 4. The van der Waals surface area contributed by atoms with Gasteiger partial charge in [0.05, 0.1) is 5.56 Å². The van der Waals surface area contributed by atoms with E-state index in [0.29, 0.717) is 5.69 Å². The quantitative estimate of drug-likeness (QED) is 0.263. The van der Waals surface area contributed by atoms with Crippen LogP contribution in [0.3, 0.4) is 0 Å². The van der Waals surface area contributed by atoms with Gasteiger partial charge < -0.3 is 10.8 Å². The number of nitrogens with two attached hydrogens (primary N) is 3. The van der Waals surface area contributed by atoms with Crippen LogP contribution >= 0.6 is 0 Å². The topological polar surface area (TPSA) is 115 Å². The maximum atomic E-state index is 10.3. The highest BCUT2D eigenvalue weighted by Gasteiger charge is 1.99. The van der Waals surface area contributed by atoms with Gasteiger partial charge >= 0.3 is 5.97 Å². The van der Waals surface area contributed by atoms with Crippen LogP contribution < -0.4 is 17.4 Å². The molecule has 1 aromatic carbocycles. The molecule has 1 rings (SSSR count). The van der Waals surface area contributed by atoms with E-state index in [4.69, 9.17) is 10.8 Å². The van der Waals surface area contributed by atoms with E-state index < -0.39 is 5.97 Å². The number of nitrogen functional groups attached to an aromatic ring is 1. The standard InChI is InChI=1S/C7H7NO2.H4N2/c8-6-3-1-2-5(4-6)7(9)10;1-2/h1-4H,8H2,(H,9,10);1-2H2. The Balaban J connectivity index is 0.000000561. The number of carbonyl (C=O) groups is 1. The average Bonchev–Trinajstić information content (AvgIpc) is 2.08. The third-order valence-corrected chi connectivity index (χ3v) is 1.13. The minimum Gasteiger partial charge on any atom is -0.478 e. The van der Waals surface area contributed by atoms with E-state index >= 15 is 0 Å². The normalized spacial score (nSPS) is 8.17. The van der Waals surface area contributed by atoms with Gasteiger partial charge in [-0.1, -0.05) is 6.07 Å². The Labute approximate surface area is 69.7 Å². The van der Waals surface area contributed by atoms with Crippen molar-refractivity contribution in [3.63, 3.8) is 0 Å². The summed E-state index contributed by atoms with van der Waals surface area (Å²) in [5, 5.41) is 8.45. The second-order valence-electron chi connectivity index (χ2n) is 1.93. The minimum absolute atomic E-state index is 0.222. The number of hydrazine groups is 1. The monoisotopic (exact) mass is 169 g/mol. The molecule has 12 heavy (non-hydrogen) atoms. The first-order valence-corrected chi connectivity index (χ1v) is 3.12. The molecular weight excluding hydrogens is 158 g/mol. The molecule has 0 heterocycles. The first-order chi connectivity index (χ1) is 5.70. The summed E-state index contributed by atoms with van der Waals surface area (Å²) in [6.07, 6.45) is 0. The zero-order valence-electron chi connectivity index (χ0n) is 6.40. The van der Waals surface area contributed by atoms with E-state index in [1.165, 1.54) is 12.1 Å². The lowest BCUT2D eigenvalue weighted by Crippen LogP contribution is -2.02. The number of hydrogen-bond donors (Lipinski definition) is 4. The molecule has 0 bridgehead atoms. The van der Waals surface area contributed by atoms with Crippen molar-refractivity contribution in [3.8, 4) is 0 Å². The molecule has 0 aromatic heterocycles. The van der Waals surface area contributed by atoms with Crippen LogP contribution in [-0.2, 0) is 0 Å². The molecule has 0 saturated carbocycles. The third-order valence-electron chi connectivity index (χ3n) is 1.13. The Morgan fingerprint density at radius 3 is 2.25 bits per heavy atom. The Hall–Kier alpha value is -1.59. The lowest BCUT2D eigenvalue weighted by molar-refractivity contribution is 0.0697. The molecule has 7 N–H and O–H groups in total. The highest BCUT2D eigenvalue weighted by molar-refractivity contribution is 5.88. The third kappa shape index (κ3) is 3.00. The van der Waals surface area contributed by atoms with E-state index in [2.05, 4.69) is 11.7 Å². The van der Waals surface area contributed by atoms with Crippen LogP contribution in [0.25, 0.3) is 0 Å². The number of carboxylic acid groups (broad SMARTS) is 1. The Kier molecular flexibility index (Phi) is 4.43. The van der Waals surface area contributed by atoms with Gasteiger partial charge in [-0.05, 0) is 18.2 Å². The van der Waals surface area contributed by atoms with Gasteiger partial charge in [-0.2, -0.15) is 0 Å². The van der Waals surface area contributed by atoms with E-state index in [1.807, 2.05) is 0 Å². The molecular formula is C7H11N3O2. The summed E-state index contributed by atoms with van der Waals surface area (Å²) >= 11 is 0. The zero-order chi connectivity index (χ0) is 9.56. The Morgan fingerprint density at radius 1 is 1.33 bits per heavy atom. The van der Waals surface area contributed by atoms with Crippen LogP contribution in [-0.4, -0.2) is 11.1 Å². The van der Waals surface area contributed by atoms with Crippen LogP contribution in [0, 0.1) is 0 Å². The van der Waals surface area contributed by atoms with Crippen molar-refractivity contribution in [1.82, 2.24) is 0 Å². The summed E-state index contributed by atoms with van der Waals surface area (Å²) < 4.78 is 0. The summed E-state index contributed by atoms with van der Waals surface area (Å²) in [5.41, 5.74) is 6.03. The van der Waals surface area contributed by atoms with Crippen LogP contribution in [0.5, 0.6) is 0 Å². The van der Waals surface area contributed by atoms with Crippen molar-refractivity contribution < 1.29 is 9.90 Å². The first-order valence-electron chi connectivity index (χ1n) is 3.12. The van der Waals surface area contributed by atoms with Crippen molar-refractivity contribution in [3.05, 3.63) is 29.8 Å². The highest BCUT2D eigenvalue weighted by Crippen LogP contribution is 2.05. The molecule has 0 saturated heterocycles. The molecule has 0 amide bonds. The van der Waals surface area contributed by atoms with Crippen molar-refractivity contribution in [2.24, 2.45) is 11.7 Å². The number of carboxylic acids is 1. The highest BCUT2D eigenvalue weighted by atomic mass is 16.4. The number of benzene rings is 1. The number of anilines is 1. The zero-order valence-corrected chi connectivity index (χ0v) is 6.40. The van der Waals surface area contributed by atoms with Gasteiger partial charge in [-0.3, -0.25) is 11.7 Å². The molecule has 0 aliphatic heterocycles. The molecule has 0 radical (unpaired) electrons. The van der Waals surface area contributed by atoms with Gasteiger partial charge in [0.1, 0.15) is 0 Å².